The molecule has 0 aromatic carbocycles. The van der Waals surface area contributed by atoms with Crippen LogP contribution in [-0.2, 0) is 20.7 Å². The topological polar surface area (TPSA) is 58.6 Å². The van der Waals surface area contributed by atoms with Gasteiger partial charge in [0.25, 0.3) is 5.92 Å². The van der Waals surface area contributed by atoms with Gasteiger partial charge in [0.2, 0.25) is 11.8 Å². The number of halogens is 4. The third-order valence-corrected chi connectivity index (χ3v) is 7.93. The van der Waals surface area contributed by atoms with E-state index in [1.54, 1.807) is 17.1 Å². The van der Waals surface area contributed by atoms with Crippen molar-refractivity contribution in [2.45, 2.75) is 38.2 Å². The third kappa shape index (κ3) is 5.08. The van der Waals surface area contributed by atoms with Gasteiger partial charge in [0.1, 0.15) is 5.41 Å². The zero-order chi connectivity index (χ0) is 21.2. The number of thiophene rings is 1. The van der Waals surface area contributed by atoms with Crippen LogP contribution in [0.1, 0.15) is 25.3 Å². The molecule has 1 unspecified atom stereocenters. The average molecular weight is 556 g/mol. The van der Waals surface area contributed by atoms with E-state index in [4.69, 9.17) is 4.74 Å². The van der Waals surface area contributed by atoms with Crippen LogP contribution in [-0.4, -0.2) is 55.0 Å². The lowest BCUT2D eigenvalue weighted by Crippen LogP contribution is -2.58. The van der Waals surface area contributed by atoms with Gasteiger partial charge in [-0.15, -0.1) is 11.3 Å². The predicted octanol–water partition coefficient (Wildman–Crippen LogP) is 4.15. The van der Waals surface area contributed by atoms with Crippen LogP contribution in [0.15, 0.2) is 25.8 Å². The van der Waals surface area contributed by atoms with E-state index < -0.39 is 23.3 Å². The maximum Gasteiger partial charge on any atom is 0.259 e. The zero-order valence-corrected chi connectivity index (χ0v) is 19.8. The number of ether oxygens (including phenoxy) is 1. The minimum atomic E-state index is -3.16. The first-order chi connectivity index (χ1) is 13.6. The Bertz CT molecular complexity index is 804. The van der Waals surface area contributed by atoms with Crippen LogP contribution >= 0.6 is 43.2 Å². The summed E-state index contributed by atoms with van der Waals surface area (Å²) in [6.45, 7) is 1.74. The Kier molecular flexibility index (Phi) is 7.18. The number of carbonyl (C=O) groups is 2. The van der Waals surface area contributed by atoms with E-state index in [9.17, 15) is 18.4 Å². The van der Waals surface area contributed by atoms with Crippen LogP contribution in [0.3, 0.4) is 0 Å². The maximum absolute atomic E-state index is 14.3. The van der Waals surface area contributed by atoms with E-state index in [-0.39, 0.29) is 44.9 Å². The van der Waals surface area contributed by atoms with Crippen molar-refractivity contribution in [2.75, 3.05) is 26.3 Å². The number of carbonyl (C=O) groups excluding carboxylic acids is 2. The molecule has 0 radical (unpaired) electrons. The van der Waals surface area contributed by atoms with Gasteiger partial charge in [0.15, 0.2) is 0 Å². The number of rotatable bonds is 5. The van der Waals surface area contributed by atoms with Gasteiger partial charge in [-0.2, -0.15) is 0 Å². The highest BCUT2D eigenvalue weighted by Gasteiger charge is 2.56. The van der Waals surface area contributed by atoms with Crippen molar-refractivity contribution >= 4 is 55.0 Å². The zero-order valence-electron chi connectivity index (χ0n) is 15.9. The molecule has 0 aliphatic carbocycles. The van der Waals surface area contributed by atoms with Crippen LogP contribution in [0.2, 0.25) is 0 Å². The van der Waals surface area contributed by atoms with E-state index in [1.807, 2.05) is 6.07 Å². The Morgan fingerprint density at radius 1 is 1.38 bits per heavy atom. The Balaban J connectivity index is 1.65. The second kappa shape index (κ2) is 9.11. The van der Waals surface area contributed by atoms with Crippen LogP contribution < -0.4 is 5.32 Å². The Morgan fingerprint density at radius 2 is 2.07 bits per heavy atom. The molecule has 29 heavy (non-hydrogen) atoms. The number of amides is 2. The van der Waals surface area contributed by atoms with E-state index in [0.717, 1.165) is 20.1 Å². The summed E-state index contributed by atoms with van der Waals surface area (Å²) >= 11 is 8.34. The van der Waals surface area contributed by atoms with Gasteiger partial charge in [-0.25, -0.2) is 8.78 Å². The first-order valence-corrected chi connectivity index (χ1v) is 11.7. The number of alkyl halides is 2. The van der Waals surface area contributed by atoms with Crippen molar-refractivity contribution in [1.29, 1.82) is 0 Å². The first-order valence-electron chi connectivity index (χ1n) is 9.27. The number of hydrogen-bond acceptors (Lipinski definition) is 4. The molecule has 1 N–H and O–H groups in total. The van der Waals surface area contributed by atoms with Crippen molar-refractivity contribution < 1.29 is 23.1 Å². The van der Waals surface area contributed by atoms with Crippen LogP contribution in [0.4, 0.5) is 8.78 Å². The number of nitrogens with one attached hydrogen (secondary N) is 1. The van der Waals surface area contributed by atoms with Crippen molar-refractivity contribution in [3.8, 4) is 0 Å². The minimum absolute atomic E-state index is 0.0253. The van der Waals surface area contributed by atoms with Crippen molar-refractivity contribution in [3.63, 3.8) is 0 Å². The van der Waals surface area contributed by atoms with Crippen LogP contribution in [0, 0.1) is 5.41 Å². The molecule has 3 rings (SSSR count). The molecule has 0 saturated carbocycles. The molecular formula is C19H22Br2F2N2O3S. The summed E-state index contributed by atoms with van der Waals surface area (Å²) < 4.78 is 35.7. The van der Waals surface area contributed by atoms with Gasteiger partial charge in [0, 0.05) is 33.2 Å². The summed E-state index contributed by atoms with van der Waals surface area (Å²) in [4.78, 5) is 27.2. The van der Waals surface area contributed by atoms with Crippen LogP contribution in [0.25, 0.3) is 0 Å². The smallest absolute Gasteiger partial charge is 0.259 e. The minimum Gasteiger partial charge on any atom is -0.381 e. The van der Waals surface area contributed by atoms with Gasteiger partial charge in [-0.05, 0) is 56.3 Å². The summed E-state index contributed by atoms with van der Waals surface area (Å²) in [5.41, 5.74) is -0.895. The van der Waals surface area contributed by atoms with Crippen molar-refractivity contribution in [1.82, 2.24) is 10.2 Å². The SMILES string of the molecule is CC(F)(F)C1(C(=O)NC2C=CCN(C(=O)Cc3cc(Br)sc3Br)C2)CCOCC1. The van der Waals surface area contributed by atoms with E-state index in [2.05, 4.69) is 37.2 Å². The highest BCUT2D eigenvalue weighted by Crippen LogP contribution is 2.45. The van der Waals surface area contributed by atoms with Gasteiger partial charge < -0.3 is 15.0 Å². The molecule has 1 fully saturated rings. The largest absolute Gasteiger partial charge is 0.381 e. The van der Waals surface area contributed by atoms with E-state index in [0.29, 0.717) is 6.54 Å². The third-order valence-electron chi connectivity index (χ3n) is 5.47. The first kappa shape index (κ1) is 22.8. The second-order valence-corrected chi connectivity index (χ2v) is 11.2. The Hall–Kier alpha value is -0.840. The molecule has 1 atom stereocenters. The monoisotopic (exact) mass is 554 g/mol. The summed E-state index contributed by atoms with van der Waals surface area (Å²) in [7, 11) is 0. The molecule has 2 aliphatic heterocycles. The normalized spacial score (nSPS) is 21.8. The maximum atomic E-state index is 14.3. The van der Waals surface area contributed by atoms with Gasteiger partial charge in [-0.1, -0.05) is 12.2 Å². The van der Waals surface area contributed by atoms with Crippen molar-refractivity contribution in [3.05, 3.63) is 31.4 Å². The predicted molar refractivity (Wildman–Crippen MR) is 114 cm³/mol. The van der Waals surface area contributed by atoms with E-state index >= 15 is 0 Å². The highest BCUT2D eigenvalue weighted by molar-refractivity contribution is 9.12. The molecule has 10 heteroatoms. The summed E-state index contributed by atoms with van der Waals surface area (Å²) in [5, 5.41) is 2.73. The lowest BCUT2D eigenvalue weighted by atomic mass is 9.74. The molecule has 160 valence electrons. The molecule has 1 aromatic rings. The quantitative estimate of drug-likeness (QED) is 0.555. The fraction of sp³-hybridized carbons (Fsp3) is 0.579. The van der Waals surface area contributed by atoms with Crippen molar-refractivity contribution in [2.24, 2.45) is 5.41 Å². The summed E-state index contributed by atoms with van der Waals surface area (Å²) in [5.74, 6) is -3.92. The van der Waals surface area contributed by atoms with E-state index in [1.165, 1.54) is 11.3 Å². The molecule has 1 aromatic heterocycles. The lowest BCUT2D eigenvalue weighted by molar-refractivity contribution is -0.175. The number of nitrogens with zero attached hydrogens (tertiary/aromatic N) is 1. The molecule has 2 aliphatic rings. The van der Waals surface area contributed by atoms with Gasteiger partial charge >= 0.3 is 0 Å². The Morgan fingerprint density at radius 3 is 2.66 bits per heavy atom. The number of hydrogen-bond donors (Lipinski definition) is 1. The fourth-order valence-corrected chi connectivity index (χ4v) is 6.51. The fourth-order valence-electron chi connectivity index (χ4n) is 3.68. The highest BCUT2D eigenvalue weighted by atomic mass is 79.9. The molecule has 1 saturated heterocycles. The lowest BCUT2D eigenvalue weighted by Gasteiger charge is -2.41. The standard InChI is InChI=1S/C19H22Br2F2N2O3S/c1-18(22,23)19(4-7-28-8-5-19)17(27)24-13-3-2-6-25(11-13)15(26)10-12-9-14(20)29-16(12)21/h2-3,9,13H,4-8,10-11H2,1H3,(H,24,27). The average Bonchev–Trinajstić information content (AvgIpc) is 2.98. The summed E-state index contributed by atoms with van der Waals surface area (Å²) in [6, 6.07) is 1.39. The van der Waals surface area contributed by atoms with Crippen LogP contribution in [0.5, 0.6) is 0 Å². The molecule has 0 spiro atoms. The second-order valence-electron chi connectivity index (χ2n) is 7.42. The van der Waals surface area contributed by atoms with Gasteiger partial charge in [0.05, 0.1) is 20.0 Å². The molecule has 5 nitrogen and oxygen atoms in total. The molecule has 0 bridgehead atoms. The molecule has 2 amide bonds. The summed E-state index contributed by atoms with van der Waals surface area (Å²) in [6.07, 6.45) is 3.72. The van der Waals surface area contributed by atoms with Gasteiger partial charge in [-0.3, -0.25) is 9.59 Å². The molecular weight excluding hydrogens is 534 g/mol. The Labute approximate surface area is 189 Å². The molecule has 3 heterocycles.